The zero-order chi connectivity index (χ0) is 21.4. The van der Waals surface area contributed by atoms with Crippen LogP contribution in [0.25, 0.3) is 21.9 Å². The molecule has 2 heterocycles. The smallest absolute Gasteiger partial charge is 0.351 e. The quantitative estimate of drug-likeness (QED) is 0.290. The molecule has 0 saturated heterocycles. The second kappa shape index (κ2) is 7.51. The summed E-state index contributed by atoms with van der Waals surface area (Å²) in [6.07, 6.45) is 0. The Morgan fingerprint density at radius 1 is 1.07 bits per heavy atom. The van der Waals surface area contributed by atoms with Crippen LogP contribution in [0.2, 0.25) is 0 Å². The van der Waals surface area contributed by atoms with Crippen molar-refractivity contribution in [3.05, 3.63) is 75.8 Å². The van der Waals surface area contributed by atoms with E-state index in [4.69, 9.17) is 13.9 Å². The highest BCUT2D eigenvalue weighted by molar-refractivity contribution is 6.06. The summed E-state index contributed by atoms with van der Waals surface area (Å²) in [5.41, 5.74) is 1.35. The Balaban J connectivity index is 1.73. The molecule has 0 bridgehead atoms. The third kappa shape index (κ3) is 3.24. The molecule has 0 fully saturated rings. The van der Waals surface area contributed by atoms with Gasteiger partial charge in [-0.2, -0.15) is 0 Å². The molecule has 0 amide bonds. The molecular weight excluding hydrogens is 386 g/mol. The first-order valence-electron chi connectivity index (χ1n) is 9.42. The van der Waals surface area contributed by atoms with Gasteiger partial charge >= 0.3 is 17.6 Å². The first-order chi connectivity index (χ1) is 14.4. The Labute approximate surface area is 171 Å². The van der Waals surface area contributed by atoms with Gasteiger partial charge in [-0.15, -0.1) is 0 Å². The Bertz CT molecular complexity index is 1360. The van der Waals surface area contributed by atoms with Gasteiger partial charge in [-0.05, 0) is 44.2 Å². The Hall–Kier alpha value is -3.87. The molecule has 0 spiro atoms. The van der Waals surface area contributed by atoms with E-state index in [0.717, 1.165) is 11.2 Å². The largest absolute Gasteiger partial charge is 0.462 e. The number of fused-ring (bicyclic) bond motifs is 2. The Morgan fingerprint density at radius 2 is 1.83 bits per heavy atom. The normalized spacial score (nSPS) is 11.0. The third-order valence-corrected chi connectivity index (χ3v) is 5.02. The summed E-state index contributed by atoms with van der Waals surface area (Å²) in [4.78, 5) is 37.3. The highest BCUT2D eigenvalue weighted by Gasteiger charge is 2.21. The maximum absolute atomic E-state index is 12.6. The molecule has 4 aromatic rings. The zero-order valence-corrected chi connectivity index (χ0v) is 16.7. The van der Waals surface area contributed by atoms with Crippen LogP contribution in [0.5, 0.6) is 5.75 Å². The van der Waals surface area contributed by atoms with E-state index in [1.54, 1.807) is 49.4 Å². The van der Waals surface area contributed by atoms with Crippen LogP contribution in [-0.4, -0.2) is 23.1 Å². The minimum Gasteiger partial charge on any atom is -0.462 e. The molecule has 2 aromatic carbocycles. The number of ether oxygens (including phenoxy) is 2. The summed E-state index contributed by atoms with van der Waals surface area (Å²) in [6.45, 7) is 3.81. The van der Waals surface area contributed by atoms with Crippen LogP contribution in [-0.2, 0) is 11.8 Å². The predicted molar refractivity (Wildman–Crippen MR) is 111 cm³/mol. The van der Waals surface area contributed by atoms with Gasteiger partial charge in [0.05, 0.1) is 12.2 Å². The maximum atomic E-state index is 12.6. The standard InChI is InChI=1S/C23H19NO6/c1-4-28-23(27)20-13(2)24(3)18-10-9-15(12-16(18)20)29-21(25)17-11-14-7-5-6-8-19(14)30-22(17)26/h5-12H,4H2,1-3H3. The van der Waals surface area contributed by atoms with Gasteiger partial charge in [0, 0.05) is 29.0 Å². The van der Waals surface area contributed by atoms with E-state index in [2.05, 4.69) is 0 Å². The van der Waals surface area contributed by atoms with Gasteiger partial charge in [0.25, 0.3) is 0 Å². The molecule has 7 heteroatoms. The van der Waals surface area contributed by atoms with E-state index in [9.17, 15) is 14.4 Å². The van der Waals surface area contributed by atoms with Crippen LogP contribution in [0.15, 0.2) is 57.7 Å². The molecule has 0 aliphatic heterocycles. The number of esters is 2. The second-order valence-corrected chi connectivity index (χ2v) is 6.79. The molecule has 0 radical (unpaired) electrons. The van der Waals surface area contributed by atoms with Crippen molar-refractivity contribution in [2.75, 3.05) is 6.61 Å². The van der Waals surface area contributed by atoms with E-state index in [0.29, 0.717) is 21.9 Å². The number of rotatable bonds is 4. The van der Waals surface area contributed by atoms with Gasteiger partial charge in [0.2, 0.25) is 0 Å². The summed E-state index contributed by atoms with van der Waals surface area (Å²) in [7, 11) is 1.84. The Morgan fingerprint density at radius 3 is 2.60 bits per heavy atom. The number of carbonyl (C=O) groups is 2. The van der Waals surface area contributed by atoms with E-state index in [1.807, 2.05) is 18.5 Å². The van der Waals surface area contributed by atoms with Crippen LogP contribution in [0.3, 0.4) is 0 Å². The molecule has 0 N–H and O–H groups in total. The molecule has 0 unspecified atom stereocenters. The van der Waals surface area contributed by atoms with Crippen molar-refractivity contribution in [2.45, 2.75) is 13.8 Å². The Kier molecular flexibility index (Phi) is 4.87. The van der Waals surface area contributed by atoms with Crippen molar-refractivity contribution >= 4 is 33.8 Å². The highest BCUT2D eigenvalue weighted by atomic mass is 16.5. The van der Waals surface area contributed by atoms with Gasteiger partial charge in [-0.1, -0.05) is 18.2 Å². The average Bonchev–Trinajstić information content (AvgIpc) is 2.97. The van der Waals surface area contributed by atoms with Crippen LogP contribution in [0.4, 0.5) is 0 Å². The maximum Gasteiger partial charge on any atom is 0.351 e. The van der Waals surface area contributed by atoms with Gasteiger partial charge < -0.3 is 18.5 Å². The van der Waals surface area contributed by atoms with Crippen molar-refractivity contribution in [3.8, 4) is 5.75 Å². The summed E-state index contributed by atoms with van der Waals surface area (Å²) in [5, 5.41) is 1.21. The fourth-order valence-electron chi connectivity index (χ4n) is 3.44. The lowest BCUT2D eigenvalue weighted by molar-refractivity contribution is 0.0527. The van der Waals surface area contributed by atoms with Crippen LogP contribution >= 0.6 is 0 Å². The predicted octanol–water partition coefficient (Wildman–Crippen LogP) is 3.99. The van der Waals surface area contributed by atoms with Crippen LogP contribution in [0.1, 0.15) is 33.3 Å². The molecule has 30 heavy (non-hydrogen) atoms. The van der Waals surface area contributed by atoms with E-state index >= 15 is 0 Å². The number of hydrogen-bond donors (Lipinski definition) is 0. The highest BCUT2D eigenvalue weighted by Crippen LogP contribution is 2.29. The lowest BCUT2D eigenvalue weighted by Gasteiger charge is -2.06. The van der Waals surface area contributed by atoms with Gasteiger partial charge in [0.15, 0.2) is 0 Å². The average molecular weight is 405 g/mol. The summed E-state index contributed by atoms with van der Waals surface area (Å²) >= 11 is 0. The molecule has 0 aliphatic rings. The summed E-state index contributed by atoms with van der Waals surface area (Å²) < 4.78 is 17.6. The first-order valence-corrected chi connectivity index (χ1v) is 9.42. The molecule has 0 aliphatic carbocycles. The fraction of sp³-hybridized carbons (Fsp3) is 0.174. The number of hydrogen-bond acceptors (Lipinski definition) is 6. The molecular formula is C23H19NO6. The van der Waals surface area contributed by atoms with Gasteiger partial charge in [0.1, 0.15) is 16.9 Å². The topological polar surface area (TPSA) is 87.7 Å². The lowest BCUT2D eigenvalue weighted by Crippen LogP contribution is -2.18. The van der Waals surface area contributed by atoms with Crippen LogP contribution < -0.4 is 10.4 Å². The molecule has 4 rings (SSSR count). The van der Waals surface area contributed by atoms with Crippen molar-refractivity contribution in [1.29, 1.82) is 0 Å². The SMILES string of the molecule is CCOC(=O)c1c(C)n(C)c2ccc(OC(=O)c3cc4ccccc4oc3=O)cc12. The van der Waals surface area contributed by atoms with Crippen molar-refractivity contribution in [3.63, 3.8) is 0 Å². The molecule has 0 saturated carbocycles. The van der Waals surface area contributed by atoms with E-state index in [-0.39, 0.29) is 17.9 Å². The van der Waals surface area contributed by atoms with Crippen molar-refractivity contribution in [1.82, 2.24) is 4.57 Å². The summed E-state index contributed by atoms with van der Waals surface area (Å²) in [6, 6.07) is 13.3. The number of benzene rings is 2. The lowest BCUT2D eigenvalue weighted by atomic mass is 10.1. The van der Waals surface area contributed by atoms with E-state index < -0.39 is 17.6 Å². The van der Waals surface area contributed by atoms with Gasteiger partial charge in [-0.25, -0.2) is 14.4 Å². The molecule has 152 valence electrons. The molecule has 2 aromatic heterocycles. The van der Waals surface area contributed by atoms with E-state index in [1.165, 1.54) is 6.07 Å². The molecule has 0 atom stereocenters. The number of carbonyl (C=O) groups excluding carboxylic acids is 2. The second-order valence-electron chi connectivity index (χ2n) is 6.79. The van der Waals surface area contributed by atoms with Crippen molar-refractivity contribution in [2.24, 2.45) is 7.05 Å². The third-order valence-electron chi connectivity index (χ3n) is 5.02. The fourth-order valence-corrected chi connectivity index (χ4v) is 3.44. The zero-order valence-electron chi connectivity index (χ0n) is 16.7. The minimum atomic E-state index is -0.834. The molecule has 7 nitrogen and oxygen atoms in total. The van der Waals surface area contributed by atoms with Crippen LogP contribution in [0, 0.1) is 6.92 Å². The first kappa shape index (κ1) is 19.4. The number of aryl methyl sites for hydroxylation is 1. The van der Waals surface area contributed by atoms with Crippen molar-refractivity contribution < 1.29 is 23.5 Å². The van der Waals surface area contributed by atoms with Gasteiger partial charge in [-0.3, -0.25) is 0 Å². The summed E-state index contributed by atoms with van der Waals surface area (Å²) in [5.74, 6) is -1.07. The minimum absolute atomic E-state index is 0.205. The number of para-hydroxylation sites is 1. The number of nitrogens with zero attached hydrogens (tertiary/aromatic N) is 1. The monoisotopic (exact) mass is 405 g/mol. The number of aromatic nitrogens is 1.